The maximum absolute atomic E-state index is 13.1. The van der Waals surface area contributed by atoms with E-state index in [1.165, 1.54) is 17.3 Å². The molecule has 0 atom stereocenters. The van der Waals surface area contributed by atoms with E-state index in [9.17, 15) is 4.79 Å². The van der Waals surface area contributed by atoms with Gasteiger partial charge in [0.2, 0.25) is 5.82 Å². The van der Waals surface area contributed by atoms with Gasteiger partial charge >= 0.3 is 0 Å². The molecule has 196 valence electrons. The summed E-state index contributed by atoms with van der Waals surface area (Å²) in [5.41, 5.74) is 3.28. The fourth-order valence-electron chi connectivity index (χ4n) is 4.00. The lowest BCUT2D eigenvalue weighted by Crippen LogP contribution is -2.12. The van der Waals surface area contributed by atoms with Crippen LogP contribution in [0.4, 0.5) is 5.69 Å². The number of halogens is 1. The average molecular weight is 556 g/mol. The Morgan fingerprint density at radius 3 is 2.49 bits per heavy atom. The van der Waals surface area contributed by atoms with Gasteiger partial charge in [-0.05, 0) is 78.6 Å². The Balaban J connectivity index is 1.20. The summed E-state index contributed by atoms with van der Waals surface area (Å²) in [5, 5.41) is 17.9. The van der Waals surface area contributed by atoms with Crippen molar-refractivity contribution < 1.29 is 9.53 Å². The Bertz CT molecular complexity index is 1510. The predicted octanol–water partition coefficient (Wildman–Crippen LogP) is 7.33. The Morgan fingerprint density at radius 2 is 1.69 bits per heavy atom. The molecule has 0 saturated carbocycles. The molecule has 0 unspecified atom stereocenters. The largest absolute Gasteiger partial charge is 0.494 e. The van der Waals surface area contributed by atoms with Gasteiger partial charge in [-0.25, -0.2) is 0 Å². The van der Waals surface area contributed by atoms with Crippen LogP contribution in [0.1, 0.15) is 28.8 Å². The van der Waals surface area contributed by atoms with Gasteiger partial charge in [0.15, 0.2) is 0 Å². The van der Waals surface area contributed by atoms with E-state index in [4.69, 9.17) is 16.3 Å². The number of amides is 1. The van der Waals surface area contributed by atoms with Gasteiger partial charge < -0.3 is 10.1 Å². The summed E-state index contributed by atoms with van der Waals surface area (Å²) < 4.78 is 5.87. The Kier molecular flexibility index (Phi) is 8.88. The van der Waals surface area contributed by atoms with E-state index in [2.05, 4.69) is 50.2 Å². The van der Waals surface area contributed by atoms with Crippen LogP contribution >= 0.6 is 23.4 Å². The van der Waals surface area contributed by atoms with Crippen molar-refractivity contribution in [1.82, 2.24) is 20.6 Å². The zero-order valence-electron chi connectivity index (χ0n) is 21.0. The summed E-state index contributed by atoms with van der Waals surface area (Å²) in [6.45, 7) is 0.632. The van der Waals surface area contributed by atoms with Crippen LogP contribution in [-0.4, -0.2) is 33.1 Å². The molecule has 1 aromatic heterocycles. The number of nitrogens with one attached hydrogen (secondary N) is 2. The highest BCUT2D eigenvalue weighted by Gasteiger charge is 2.16. The van der Waals surface area contributed by atoms with Crippen LogP contribution in [0.3, 0.4) is 0 Å². The molecular weight excluding hydrogens is 530 g/mol. The van der Waals surface area contributed by atoms with Gasteiger partial charge in [-0.2, -0.15) is 5.21 Å². The van der Waals surface area contributed by atoms with Crippen LogP contribution in [0.5, 0.6) is 5.75 Å². The van der Waals surface area contributed by atoms with E-state index >= 15 is 0 Å². The summed E-state index contributed by atoms with van der Waals surface area (Å²) >= 11 is 8.00. The van der Waals surface area contributed by atoms with E-state index < -0.39 is 0 Å². The number of aryl methyl sites for hydroxylation is 1. The standard InChI is InChI=1S/C30H26ClN5O2S/c31-25-13-8-14-26(28(25)39-27-15-5-4-12-24(27)29-33-35-36-34-29)32-30(37)22-16-18-23(19-17-22)38-20-7-6-11-21-9-2-1-3-10-21/h1-5,8-10,12-19H,6-7,11,20H2,(H,32,37)(H,33,34,35,36). The zero-order valence-corrected chi connectivity index (χ0v) is 22.6. The molecule has 0 aliphatic carbocycles. The second-order valence-electron chi connectivity index (χ2n) is 8.72. The van der Waals surface area contributed by atoms with Crippen molar-refractivity contribution in [2.75, 3.05) is 11.9 Å². The molecule has 39 heavy (non-hydrogen) atoms. The Hall–Kier alpha value is -4.14. The van der Waals surface area contributed by atoms with E-state index in [0.717, 1.165) is 40.4 Å². The molecule has 5 rings (SSSR count). The third kappa shape index (κ3) is 7.04. The number of carbonyl (C=O) groups excluding carboxylic acids is 1. The van der Waals surface area contributed by atoms with Crippen molar-refractivity contribution in [3.8, 4) is 17.1 Å². The molecule has 0 fully saturated rings. The van der Waals surface area contributed by atoms with Crippen molar-refractivity contribution in [2.45, 2.75) is 29.1 Å². The number of benzene rings is 4. The van der Waals surface area contributed by atoms with Crippen molar-refractivity contribution in [3.63, 3.8) is 0 Å². The molecule has 0 radical (unpaired) electrons. The van der Waals surface area contributed by atoms with Gasteiger partial charge in [-0.3, -0.25) is 4.79 Å². The molecule has 4 aromatic carbocycles. The molecule has 0 saturated heterocycles. The van der Waals surface area contributed by atoms with Gasteiger partial charge in [-0.1, -0.05) is 71.9 Å². The molecule has 1 heterocycles. The fourth-order valence-corrected chi connectivity index (χ4v) is 5.32. The smallest absolute Gasteiger partial charge is 0.255 e. The number of tetrazole rings is 1. The van der Waals surface area contributed by atoms with E-state index in [1.54, 1.807) is 18.2 Å². The highest BCUT2D eigenvalue weighted by molar-refractivity contribution is 7.99. The third-order valence-electron chi connectivity index (χ3n) is 5.99. The maximum atomic E-state index is 13.1. The highest BCUT2D eigenvalue weighted by atomic mass is 35.5. The van der Waals surface area contributed by atoms with E-state index in [0.29, 0.717) is 28.7 Å². The van der Waals surface area contributed by atoms with Gasteiger partial charge in [0.25, 0.3) is 5.91 Å². The quantitative estimate of drug-likeness (QED) is 0.166. The monoisotopic (exact) mass is 555 g/mol. The molecule has 0 spiro atoms. The molecule has 0 bridgehead atoms. The fraction of sp³-hybridized carbons (Fsp3) is 0.133. The number of ether oxygens (including phenoxy) is 1. The maximum Gasteiger partial charge on any atom is 0.255 e. The number of aromatic nitrogens is 4. The Labute approximate surface area is 236 Å². The number of hydrogen-bond donors (Lipinski definition) is 2. The van der Waals surface area contributed by atoms with Gasteiger partial charge in [0.1, 0.15) is 5.75 Å². The number of anilines is 1. The van der Waals surface area contributed by atoms with Gasteiger partial charge in [0, 0.05) is 16.0 Å². The molecule has 0 aliphatic heterocycles. The normalized spacial score (nSPS) is 10.8. The summed E-state index contributed by atoms with van der Waals surface area (Å²) in [4.78, 5) is 14.7. The number of unbranched alkanes of at least 4 members (excludes halogenated alkanes) is 1. The van der Waals surface area contributed by atoms with Crippen LogP contribution in [0.15, 0.2) is 107 Å². The van der Waals surface area contributed by atoms with Crippen LogP contribution < -0.4 is 10.1 Å². The molecular formula is C30H26ClN5O2S. The lowest BCUT2D eigenvalue weighted by molar-refractivity contribution is 0.102. The van der Waals surface area contributed by atoms with Crippen LogP contribution in [0.2, 0.25) is 5.02 Å². The molecule has 2 N–H and O–H groups in total. The van der Waals surface area contributed by atoms with Crippen LogP contribution in [0.25, 0.3) is 11.4 Å². The summed E-state index contributed by atoms with van der Waals surface area (Å²) in [7, 11) is 0. The van der Waals surface area contributed by atoms with Crippen molar-refractivity contribution in [2.24, 2.45) is 0 Å². The molecule has 0 aliphatic rings. The summed E-state index contributed by atoms with van der Waals surface area (Å²) in [6.07, 6.45) is 3.06. The summed E-state index contributed by atoms with van der Waals surface area (Å²) in [6, 6.07) is 30.7. The minimum Gasteiger partial charge on any atom is -0.494 e. The molecule has 7 nitrogen and oxygen atoms in total. The highest BCUT2D eigenvalue weighted by Crippen LogP contribution is 2.42. The number of aromatic amines is 1. The second-order valence-corrected chi connectivity index (χ2v) is 10.2. The van der Waals surface area contributed by atoms with E-state index in [-0.39, 0.29) is 5.91 Å². The molecule has 9 heteroatoms. The Morgan fingerprint density at radius 1 is 0.897 bits per heavy atom. The predicted molar refractivity (Wildman–Crippen MR) is 154 cm³/mol. The number of hydrogen-bond acceptors (Lipinski definition) is 6. The third-order valence-corrected chi connectivity index (χ3v) is 7.64. The first-order valence-corrected chi connectivity index (χ1v) is 13.7. The van der Waals surface area contributed by atoms with E-state index in [1.807, 2.05) is 54.6 Å². The number of H-pyrrole nitrogens is 1. The minimum absolute atomic E-state index is 0.236. The van der Waals surface area contributed by atoms with Crippen LogP contribution in [0, 0.1) is 0 Å². The summed E-state index contributed by atoms with van der Waals surface area (Å²) in [5.74, 6) is 0.984. The first-order valence-electron chi connectivity index (χ1n) is 12.5. The lowest BCUT2D eigenvalue weighted by atomic mass is 10.1. The van der Waals surface area contributed by atoms with Crippen LogP contribution in [-0.2, 0) is 6.42 Å². The van der Waals surface area contributed by atoms with Gasteiger partial charge in [-0.15, -0.1) is 10.2 Å². The number of nitrogens with zero attached hydrogens (tertiary/aromatic N) is 3. The number of carbonyl (C=O) groups is 1. The van der Waals surface area contributed by atoms with Crippen molar-refractivity contribution in [3.05, 3.63) is 113 Å². The lowest BCUT2D eigenvalue weighted by Gasteiger charge is -2.14. The average Bonchev–Trinajstić information content (AvgIpc) is 3.51. The zero-order chi connectivity index (χ0) is 26.9. The van der Waals surface area contributed by atoms with Crippen molar-refractivity contribution in [1.29, 1.82) is 0 Å². The molecule has 5 aromatic rings. The topological polar surface area (TPSA) is 92.8 Å². The SMILES string of the molecule is O=C(Nc1cccc(Cl)c1Sc1ccccc1-c1nn[nH]n1)c1ccc(OCCCCc2ccccc2)cc1. The van der Waals surface area contributed by atoms with Crippen molar-refractivity contribution >= 4 is 35.0 Å². The number of rotatable bonds is 11. The minimum atomic E-state index is -0.236. The first kappa shape index (κ1) is 26.5. The first-order chi connectivity index (χ1) is 19.2. The van der Waals surface area contributed by atoms with Gasteiger partial charge in [0.05, 0.1) is 22.2 Å². The molecule has 1 amide bonds. The second kappa shape index (κ2) is 13.1.